The van der Waals surface area contributed by atoms with Crippen LogP contribution in [-0.2, 0) is 17.8 Å². The van der Waals surface area contributed by atoms with E-state index in [1.807, 2.05) is 18.2 Å². The summed E-state index contributed by atoms with van der Waals surface area (Å²) in [5.74, 6) is 1.06. The van der Waals surface area contributed by atoms with Crippen LogP contribution in [0.4, 0.5) is 5.82 Å². The van der Waals surface area contributed by atoms with Gasteiger partial charge in [-0.05, 0) is 12.1 Å². The number of aromatic amines is 1. The number of pyridine rings is 1. The SMILES string of the molecule is CN=C(N)Nc1[nH]ncc1Cc1cccc(COC)n1. The standard InChI is InChI=1S/C13H18N6O/c1-15-13(14)18-12-9(7-16-19-12)6-10-4-3-5-11(17-10)8-20-2/h3-5,7H,6,8H2,1-2H3,(H4,14,15,16,18,19). The highest BCUT2D eigenvalue weighted by molar-refractivity contribution is 5.91. The summed E-state index contributed by atoms with van der Waals surface area (Å²) in [4.78, 5) is 8.38. The molecule has 0 aromatic carbocycles. The van der Waals surface area contributed by atoms with Gasteiger partial charge < -0.3 is 15.8 Å². The summed E-state index contributed by atoms with van der Waals surface area (Å²) >= 11 is 0. The number of anilines is 1. The Morgan fingerprint density at radius 2 is 2.25 bits per heavy atom. The Morgan fingerprint density at radius 3 is 3.00 bits per heavy atom. The number of aromatic nitrogens is 3. The molecule has 0 fully saturated rings. The number of H-pyrrole nitrogens is 1. The smallest absolute Gasteiger partial charge is 0.194 e. The topological polar surface area (TPSA) is 101 Å². The Kier molecular flexibility index (Phi) is 4.67. The fraction of sp³-hybridized carbons (Fsp3) is 0.308. The third-order valence-electron chi connectivity index (χ3n) is 2.74. The van der Waals surface area contributed by atoms with Crippen LogP contribution in [0.1, 0.15) is 17.0 Å². The van der Waals surface area contributed by atoms with Crippen molar-refractivity contribution in [3.8, 4) is 0 Å². The molecule has 7 heteroatoms. The lowest BCUT2D eigenvalue weighted by Gasteiger charge is -2.06. The maximum atomic E-state index is 5.65. The fourth-order valence-corrected chi connectivity index (χ4v) is 1.79. The number of hydrogen-bond donors (Lipinski definition) is 3. The molecule has 0 spiro atoms. The van der Waals surface area contributed by atoms with Crippen molar-refractivity contribution in [1.82, 2.24) is 15.2 Å². The largest absolute Gasteiger partial charge is 0.378 e. The molecule has 2 heterocycles. The minimum atomic E-state index is 0.330. The summed E-state index contributed by atoms with van der Waals surface area (Å²) < 4.78 is 5.08. The van der Waals surface area contributed by atoms with Crippen LogP contribution in [0.15, 0.2) is 29.4 Å². The lowest BCUT2D eigenvalue weighted by molar-refractivity contribution is 0.181. The molecule has 0 unspecified atom stereocenters. The van der Waals surface area contributed by atoms with Gasteiger partial charge in [0.25, 0.3) is 0 Å². The van der Waals surface area contributed by atoms with E-state index in [2.05, 4.69) is 25.5 Å². The number of guanidine groups is 1. The van der Waals surface area contributed by atoms with Crippen molar-refractivity contribution in [2.45, 2.75) is 13.0 Å². The Hall–Kier alpha value is -2.41. The molecule has 106 valence electrons. The molecule has 0 radical (unpaired) electrons. The lowest BCUT2D eigenvalue weighted by Crippen LogP contribution is -2.23. The Bertz CT molecular complexity index is 592. The van der Waals surface area contributed by atoms with Crippen LogP contribution in [0.2, 0.25) is 0 Å². The van der Waals surface area contributed by atoms with E-state index in [4.69, 9.17) is 10.5 Å². The van der Waals surface area contributed by atoms with E-state index in [-0.39, 0.29) is 0 Å². The number of rotatable bonds is 5. The molecule has 4 N–H and O–H groups in total. The average molecular weight is 274 g/mol. The van der Waals surface area contributed by atoms with Gasteiger partial charge >= 0.3 is 0 Å². The summed E-state index contributed by atoms with van der Waals surface area (Å²) in [6, 6.07) is 5.86. The first-order valence-corrected chi connectivity index (χ1v) is 6.18. The number of hydrogen-bond acceptors (Lipinski definition) is 4. The third kappa shape index (κ3) is 3.55. The van der Waals surface area contributed by atoms with E-state index < -0.39 is 0 Å². The van der Waals surface area contributed by atoms with Crippen molar-refractivity contribution in [3.05, 3.63) is 41.3 Å². The first-order valence-electron chi connectivity index (χ1n) is 6.18. The Balaban J connectivity index is 2.14. The Morgan fingerprint density at radius 1 is 1.45 bits per heavy atom. The van der Waals surface area contributed by atoms with Gasteiger partial charge in [0.2, 0.25) is 0 Å². The first-order chi connectivity index (χ1) is 9.72. The van der Waals surface area contributed by atoms with Gasteiger partial charge in [-0.25, -0.2) is 0 Å². The van der Waals surface area contributed by atoms with Gasteiger partial charge in [0, 0.05) is 31.8 Å². The second kappa shape index (κ2) is 6.67. The quantitative estimate of drug-likeness (QED) is 0.555. The van der Waals surface area contributed by atoms with Crippen molar-refractivity contribution in [1.29, 1.82) is 0 Å². The highest BCUT2D eigenvalue weighted by Gasteiger charge is 2.08. The van der Waals surface area contributed by atoms with Gasteiger partial charge in [0.05, 0.1) is 18.5 Å². The minimum Gasteiger partial charge on any atom is -0.378 e. The summed E-state index contributed by atoms with van der Waals surface area (Å²) in [6.07, 6.45) is 2.39. The van der Waals surface area contributed by atoms with Crippen molar-refractivity contribution < 1.29 is 4.74 Å². The number of nitrogens with one attached hydrogen (secondary N) is 2. The van der Waals surface area contributed by atoms with Crippen LogP contribution in [0, 0.1) is 0 Å². The predicted octanol–water partition coefficient (Wildman–Crippen LogP) is 0.898. The molecule has 0 aliphatic heterocycles. The predicted molar refractivity (Wildman–Crippen MR) is 77.5 cm³/mol. The lowest BCUT2D eigenvalue weighted by atomic mass is 10.1. The molecule has 0 saturated carbocycles. The number of aliphatic imine (C=N–C) groups is 1. The first kappa shape index (κ1) is 14.0. The summed E-state index contributed by atoms with van der Waals surface area (Å²) in [5.41, 5.74) is 8.46. The van der Waals surface area contributed by atoms with E-state index in [0.29, 0.717) is 19.0 Å². The van der Waals surface area contributed by atoms with Crippen LogP contribution in [0.25, 0.3) is 0 Å². The average Bonchev–Trinajstić information content (AvgIpc) is 2.86. The van der Waals surface area contributed by atoms with Crippen molar-refractivity contribution in [2.75, 3.05) is 19.5 Å². The van der Waals surface area contributed by atoms with Crippen LogP contribution in [0.3, 0.4) is 0 Å². The molecular formula is C13H18N6O. The zero-order chi connectivity index (χ0) is 14.4. The van der Waals surface area contributed by atoms with Gasteiger partial charge in [-0.15, -0.1) is 0 Å². The van der Waals surface area contributed by atoms with Crippen molar-refractivity contribution in [2.24, 2.45) is 10.7 Å². The molecule has 0 aliphatic rings. The summed E-state index contributed by atoms with van der Waals surface area (Å²) in [5, 5.41) is 9.83. The van der Waals surface area contributed by atoms with Crippen molar-refractivity contribution >= 4 is 11.8 Å². The molecule has 0 saturated heterocycles. The molecule has 20 heavy (non-hydrogen) atoms. The van der Waals surface area contributed by atoms with Gasteiger partial charge in [-0.1, -0.05) is 6.07 Å². The Labute approximate surface area is 117 Å². The van der Waals surface area contributed by atoms with Crippen LogP contribution < -0.4 is 11.1 Å². The van der Waals surface area contributed by atoms with Crippen LogP contribution in [0.5, 0.6) is 0 Å². The van der Waals surface area contributed by atoms with Crippen LogP contribution in [-0.4, -0.2) is 35.3 Å². The van der Waals surface area contributed by atoms with Gasteiger partial charge in [0.1, 0.15) is 5.82 Å². The maximum absolute atomic E-state index is 5.65. The van der Waals surface area contributed by atoms with E-state index >= 15 is 0 Å². The van der Waals surface area contributed by atoms with E-state index in [1.165, 1.54) is 0 Å². The molecule has 0 aliphatic carbocycles. The molecule has 2 aromatic rings. The number of methoxy groups -OCH3 is 1. The molecule has 2 aromatic heterocycles. The number of ether oxygens (including phenoxy) is 1. The highest BCUT2D eigenvalue weighted by Crippen LogP contribution is 2.15. The van der Waals surface area contributed by atoms with Crippen molar-refractivity contribution in [3.63, 3.8) is 0 Å². The molecule has 0 bridgehead atoms. The number of nitrogens with two attached hydrogens (primary N) is 1. The van der Waals surface area contributed by atoms with E-state index in [0.717, 1.165) is 22.8 Å². The zero-order valence-electron chi connectivity index (χ0n) is 11.6. The number of nitrogens with zero attached hydrogens (tertiary/aromatic N) is 3. The fourth-order valence-electron chi connectivity index (χ4n) is 1.79. The highest BCUT2D eigenvalue weighted by atomic mass is 16.5. The van der Waals surface area contributed by atoms with Gasteiger partial charge in [-0.2, -0.15) is 5.10 Å². The maximum Gasteiger partial charge on any atom is 0.194 e. The molecule has 7 nitrogen and oxygen atoms in total. The molecule has 0 amide bonds. The van der Waals surface area contributed by atoms with Crippen LogP contribution >= 0.6 is 0 Å². The molecule has 2 rings (SSSR count). The second-order valence-corrected chi connectivity index (χ2v) is 4.23. The van der Waals surface area contributed by atoms with Gasteiger partial charge in [-0.3, -0.25) is 15.1 Å². The monoisotopic (exact) mass is 274 g/mol. The minimum absolute atomic E-state index is 0.330. The van der Waals surface area contributed by atoms with E-state index in [1.54, 1.807) is 20.4 Å². The van der Waals surface area contributed by atoms with E-state index in [9.17, 15) is 0 Å². The van der Waals surface area contributed by atoms with Gasteiger partial charge in [0.15, 0.2) is 5.96 Å². The normalized spacial score (nSPS) is 11.6. The third-order valence-corrected chi connectivity index (χ3v) is 2.74. The molecular weight excluding hydrogens is 256 g/mol. The summed E-state index contributed by atoms with van der Waals surface area (Å²) in [7, 11) is 3.27. The zero-order valence-corrected chi connectivity index (χ0v) is 11.6. The molecule has 0 atom stereocenters. The second-order valence-electron chi connectivity index (χ2n) is 4.23. The summed E-state index contributed by atoms with van der Waals surface area (Å²) in [6.45, 7) is 0.500.